The molecule has 0 spiro atoms. The number of nitrogens with zero attached hydrogens (tertiary/aromatic N) is 1. The molecule has 4 nitrogen and oxygen atoms in total. The Hall–Kier alpha value is -1.39. The zero-order valence-corrected chi connectivity index (χ0v) is 10.8. The summed E-state index contributed by atoms with van der Waals surface area (Å²) < 4.78 is 5.92. The van der Waals surface area contributed by atoms with Crippen LogP contribution in [0, 0.1) is 0 Å². The molecule has 2 heterocycles. The van der Waals surface area contributed by atoms with Gasteiger partial charge >= 0.3 is 0 Å². The fourth-order valence-corrected chi connectivity index (χ4v) is 2.68. The minimum Gasteiger partial charge on any atom is -0.368 e. The first-order valence-corrected chi connectivity index (χ1v) is 6.40. The molecule has 96 valence electrons. The monoisotopic (exact) mass is 246 g/mol. The fourth-order valence-electron chi connectivity index (χ4n) is 2.68. The van der Waals surface area contributed by atoms with Gasteiger partial charge in [0.25, 0.3) is 0 Å². The topological polar surface area (TPSA) is 41.6 Å². The maximum atomic E-state index is 11.7. The van der Waals surface area contributed by atoms with Crippen LogP contribution in [-0.4, -0.2) is 32.1 Å². The van der Waals surface area contributed by atoms with Gasteiger partial charge in [-0.1, -0.05) is 12.1 Å². The summed E-state index contributed by atoms with van der Waals surface area (Å²) in [6.07, 6.45) is 0.844. The number of hydrogen-bond acceptors (Lipinski definition) is 3. The van der Waals surface area contributed by atoms with Gasteiger partial charge in [0.2, 0.25) is 5.91 Å². The van der Waals surface area contributed by atoms with E-state index in [-0.39, 0.29) is 18.1 Å². The second-order valence-electron chi connectivity index (χ2n) is 5.11. The van der Waals surface area contributed by atoms with Crippen LogP contribution in [-0.2, 0) is 16.0 Å². The zero-order valence-electron chi connectivity index (χ0n) is 10.8. The van der Waals surface area contributed by atoms with Gasteiger partial charge in [-0.15, -0.1) is 0 Å². The lowest BCUT2D eigenvalue weighted by atomic mass is 10.0. The van der Waals surface area contributed by atoms with Gasteiger partial charge in [-0.3, -0.25) is 4.79 Å². The van der Waals surface area contributed by atoms with Gasteiger partial charge < -0.3 is 15.0 Å². The van der Waals surface area contributed by atoms with Gasteiger partial charge in [0.1, 0.15) is 0 Å². The minimum absolute atomic E-state index is 0.0973. The SMILES string of the molecule is CC1CNCC(c2ccc3c(c2)CC(=O)N3C)O1. The molecule has 0 saturated carbocycles. The molecular formula is C14H18N2O2. The van der Waals surface area contributed by atoms with Crippen LogP contribution >= 0.6 is 0 Å². The van der Waals surface area contributed by atoms with E-state index in [1.165, 1.54) is 0 Å². The predicted octanol–water partition coefficient (Wildman–Crippen LogP) is 1.25. The second kappa shape index (κ2) is 4.37. The summed E-state index contributed by atoms with van der Waals surface area (Å²) in [5.74, 6) is 0.165. The van der Waals surface area contributed by atoms with Crippen molar-refractivity contribution in [1.82, 2.24) is 5.32 Å². The number of ether oxygens (including phenoxy) is 1. The molecule has 1 amide bonds. The molecule has 2 aliphatic rings. The second-order valence-corrected chi connectivity index (χ2v) is 5.11. The highest BCUT2D eigenvalue weighted by atomic mass is 16.5. The Morgan fingerprint density at radius 2 is 2.22 bits per heavy atom. The first-order valence-electron chi connectivity index (χ1n) is 6.40. The molecular weight excluding hydrogens is 228 g/mol. The lowest BCUT2D eigenvalue weighted by molar-refractivity contribution is -0.117. The molecule has 0 aromatic heterocycles. The third-order valence-electron chi connectivity index (χ3n) is 3.71. The number of hydrogen-bond donors (Lipinski definition) is 1. The van der Waals surface area contributed by atoms with Gasteiger partial charge in [-0.25, -0.2) is 0 Å². The number of amides is 1. The van der Waals surface area contributed by atoms with E-state index >= 15 is 0 Å². The molecule has 1 aromatic rings. The van der Waals surface area contributed by atoms with Crippen LogP contribution in [0.25, 0.3) is 0 Å². The third-order valence-corrected chi connectivity index (χ3v) is 3.71. The molecule has 1 saturated heterocycles. The van der Waals surface area contributed by atoms with Crippen molar-refractivity contribution < 1.29 is 9.53 Å². The van der Waals surface area contributed by atoms with Crippen molar-refractivity contribution in [2.75, 3.05) is 25.0 Å². The number of carbonyl (C=O) groups is 1. The number of rotatable bonds is 1. The lowest BCUT2D eigenvalue weighted by Crippen LogP contribution is -2.38. The van der Waals surface area contributed by atoms with Crippen molar-refractivity contribution >= 4 is 11.6 Å². The Morgan fingerprint density at radius 3 is 3.00 bits per heavy atom. The Labute approximate surface area is 107 Å². The molecule has 2 atom stereocenters. The molecule has 1 aromatic carbocycles. The van der Waals surface area contributed by atoms with Crippen LogP contribution < -0.4 is 10.2 Å². The molecule has 1 N–H and O–H groups in total. The summed E-state index contributed by atoms with van der Waals surface area (Å²) in [6.45, 7) is 3.82. The maximum absolute atomic E-state index is 11.7. The van der Waals surface area contributed by atoms with E-state index < -0.39 is 0 Å². The fraction of sp³-hybridized carbons (Fsp3) is 0.500. The van der Waals surface area contributed by atoms with Crippen molar-refractivity contribution in [2.45, 2.75) is 25.6 Å². The molecule has 1 fully saturated rings. The van der Waals surface area contributed by atoms with Crippen LogP contribution in [0.5, 0.6) is 0 Å². The standard InChI is InChI=1S/C14H18N2O2/c1-9-7-15-8-13(18-9)10-3-4-12-11(5-10)6-14(17)16(12)2/h3-5,9,13,15H,6-8H2,1-2H3. The van der Waals surface area contributed by atoms with Crippen molar-refractivity contribution in [3.8, 4) is 0 Å². The highest BCUT2D eigenvalue weighted by Crippen LogP contribution is 2.31. The first-order chi connectivity index (χ1) is 8.65. The predicted molar refractivity (Wildman–Crippen MR) is 69.7 cm³/mol. The Kier molecular flexibility index (Phi) is 2.84. The van der Waals surface area contributed by atoms with Gasteiger partial charge in [-0.2, -0.15) is 0 Å². The number of nitrogens with one attached hydrogen (secondary N) is 1. The average Bonchev–Trinajstić information content (AvgIpc) is 2.65. The van der Waals surface area contributed by atoms with Crippen molar-refractivity contribution in [1.29, 1.82) is 0 Å². The van der Waals surface area contributed by atoms with Crippen LogP contribution in [0.2, 0.25) is 0 Å². The van der Waals surface area contributed by atoms with Gasteiger partial charge in [0.15, 0.2) is 0 Å². The van der Waals surface area contributed by atoms with Crippen LogP contribution in [0.1, 0.15) is 24.2 Å². The first kappa shape index (κ1) is 11.7. The third kappa shape index (κ3) is 1.91. The average molecular weight is 246 g/mol. The van der Waals surface area contributed by atoms with Gasteiger partial charge in [0, 0.05) is 25.8 Å². The van der Waals surface area contributed by atoms with E-state index in [4.69, 9.17) is 4.74 Å². The molecule has 0 radical (unpaired) electrons. The highest BCUT2D eigenvalue weighted by Gasteiger charge is 2.26. The van der Waals surface area contributed by atoms with Crippen molar-refractivity contribution in [3.05, 3.63) is 29.3 Å². The van der Waals surface area contributed by atoms with E-state index in [1.54, 1.807) is 4.90 Å². The number of benzene rings is 1. The van der Waals surface area contributed by atoms with E-state index in [0.717, 1.165) is 29.9 Å². The quantitative estimate of drug-likeness (QED) is 0.811. The smallest absolute Gasteiger partial charge is 0.231 e. The zero-order chi connectivity index (χ0) is 12.7. The number of carbonyl (C=O) groups excluding carboxylic acids is 1. The summed E-state index contributed by atoms with van der Waals surface area (Å²) >= 11 is 0. The van der Waals surface area contributed by atoms with E-state index in [2.05, 4.69) is 24.4 Å². The molecule has 2 aliphatic heterocycles. The molecule has 0 bridgehead atoms. The molecule has 2 unspecified atom stereocenters. The van der Waals surface area contributed by atoms with Crippen LogP contribution in [0.3, 0.4) is 0 Å². The van der Waals surface area contributed by atoms with E-state index in [0.29, 0.717) is 6.42 Å². The van der Waals surface area contributed by atoms with Crippen molar-refractivity contribution in [3.63, 3.8) is 0 Å². The van der Waals surface area contributed by atoms with Crippen LogP contribution in [0.15, 0.2) is 18.2 Å². The largest absolute Gasteiger partial charge is 0.368 e. The van der Waals surface area contributed by atoms with Crippen molar-refractivity contribution in [2.24, 2.45) is 0 Å². The highest BCUT2D eigenvalue weighted by molar-refractivity contribution is 6.00. The lowest BCUT2D eigenvalue weighted by Gasteiger charge is -2.29. The summed E-state index contributed by atoms with van der Waals surface area (Å²) in [4.78, 5) is 13.4. The molecule has 0 aliphatic carbocycles. The normalized spacial score (nSPS) is 27.4. The number of morpholine rings is 1. The van der Waals surface area contributed by atoms with Gasteiger partial charge in [-0.05, 0) is 24.1 Å². The maximum Gasteiger partial charge on any atom is 0.231 e. The molecule has 3 rings (SSSR count). The Morgan fingerprint density at radius 1 is 1.39 bits per heavy atom. The summed E-state index contributed by atoms with van der Waals surface area (Å²) in [7, 11) is 1.83. The molecule has 18 heavy (non-hydrogen) atoms. The molecule has 4 heteroatoms. The summed E-state index contributed by atoms with van der Waals surface area (Å²) in [6, 6.07) is 6.21. The van der Waals surface area contributed by atoms with Gasteiger partial charge in [0.05, 0.1) is 18.6 Å². The van der Waals surface area contributed by atoms with E-state index in [1.807, 2.05) is 13.1 Å². The number of likely N-dealkylation sites (N-methyl/N-ethyl adjacent to an activating group) is 1. The minimum atomic E-state index is 0.0973. The van der Waals surface area contributed by atoms with E-state index in [9.17, 15) is 4.79 Å². The Bertz CT molecular complexity index is 487. The number of fused-ring (bicyclic) bond motifs is 1. The number of anilines is 1. The Balaban J connectivity index is 1.87. The summed E-state index contributed by atoms with van der Waals surface area (Å²) in [5, 5.41) is 3.37. The summed E-state index contributed by atoms with van der Waals surface area (Å²) in [5.41, 5.74) is 3.30. The van der Waals surface area contributed by atoms with Crippen LogP contribution in [0.4, 0.5) is 5.69 Å².